The van der Waals surface area contributed by atoms with E-state index in [4.69, 9.17) is 11.6 Å². The number of nitrogens with zero attached hydrogens (tertiary/aromatic N) is 2. The van der Waals surface area contributed by atoms with Gasteiger partial charge in [-0.25, -0.2) is 4.98 Å². The molecule has 1 aromatic carbocycles. The molecule has 0 radical (unpaired) electrons. The Labute approximate surface area is 121 Å². The molecule has 3 nitrogen and oxygen atoms in total. The molecule has 0 aliphatic heterocycles. The van der Waals surface area contributed by atoms with Gasteiger partial charge >= 0.3 is 0 Å². The number of hydrogen-bond donors (Lipinski definition) is 0. The molecule has 4 heteroatoms. The van der Waals surface area contributed by atoms with Gasteiger partial charge in [-0.3, -0.25) is 9.78 Å². The van der Waals surface area contributed by atoms with E-state index in [9.17, 15) is 4.79 Å². The number of rotatable bonds is 2. The second-order valence-electron chi connectivity index (χ2n) is 4.49. The van der Waals surface area contributed by atoms with Crippen LogP contribution >= 0.6 is 11.6 Å². The van der Waals surface area contributed by atoms with E-state index in [0.717, 1.165) is 22.9 Å². The maximum Gasteiger partial charge on any atom is 0.152 e. The van der Waals surface area contributed by atoms with Crippen molar-refractivity contribution < 1.29 is 4.79 Å². The summed E-state index contributed by atoms with van der Waals surface area (Å²) in [6.07, 6.45) is 2.53. The fourth-order valence-corrected chi connectivity index (χ4v) is 2.44. The molecule has 2 heterocycles. The molecule has 0 N–H and O–H groups in total. The molecule has 0 bridgehead atoms. The van der Waals surface area contributed by atoms with E-state index in [2.05, 4.69) is 9.97 Å². The van der Waals surface area contributed by atoms with E-state index < -0.39 is 0 Å². The molecular weight excluding hydrogens is 272 g/mol. The van der Waals surface area contributed by atoms with Crippen molar-refractivity contribution >= 4 is 28.8 Å². The number of pyridine rings is 2. The minimum atomic E-state index is 0.538. The van der Waals surface area contributed by atoms with Gasteiger partial charge in [-0.15, -0.1) is 0 Å². The van der Waals surface area contributed by atoms with Gasteiger partial charge in [0.05, 0.1) is 16.2 Å². The summed E-state index contributed by atoms with van der Waals surface area (Å²) in [6, 6.07) is 11.1. The quantitative estimate of drug-likeness (QED) is 0.665. The number of aromatic nitrogens is 2. The topological polar surface area (TPSA) is 42.9 Å². The molecule has 0 atom stereocenters. The van der Waals surface area contributed by atoms with E-state index in [0.29, 0.717) is 21.8 Å². The summed E-state index contributed by atoms with van der Waals surface area (Å²) in [5.74, 6) is 0. The highest BCUT2D eigenvalue weighted by Gasteiger charge is 2.12. The molecular formula is C16H11ClN2O. The first kappa shape index (κ1) is 12.8. The largest absolute Gasteiger partial charge is 0.298 e. The molecule has 0 aliphatic rings. The number of para-hydroxylation sites is 1. The molecule has 0 unspecified atom stereocenters. The van der Waals surface area contributed by atoms with Crippen LogP contribution in [0.1, 0.15) is 16.1 Å². The van der Waals surface area contributed by atoms with Crippen molar-refractivity contribution in [1.82, 2.24) is 9.97 Å². The van der Waals surface area contributed by atoms with E-state index >= 15 is 0 Å². The van der Waals surface area contributed by atoms with Crippen LogP contribution in [0.25, 0.3) is 22.2 Å². The Balaban J connectivity index is 2.37. The third-order valence-electron chi connectivity index (χ3n) is 3.22. The highest BCUT2D eigenvalue weighted by molar-refractivity contribution is 6.35. The summed E-state index contributed by atoms with van der Waals surface area (Å²) < 4.78 is 0. The van der Waals surface area contributed by atoms with Gasteiger partial charge in [-0.05, 0) is 31.2 Å². The summed E-state index contributed by atoms with van der Waals surface area (Å²) >= 11 is 6.19. The number of aryl methyl sites for hydroxylation is 1. The van der Waals surface area contributed by atoms with Crippen molar-refractivity contribution in [1.29, 1.82) is 0 Å². The van der Waals surface area contributed by atoms with E-state index in [1.54, 1.807) is 12.3 Å². The molecule has 2 aromatic heterocycles. The standard InChI is InChI=1S/C16H11ClN2O/c1-10-13(5-3-7-18-10)15-12(9-20)8-11-4-2-6-14(17)16(11)19-15/h2-9H,1H3. The van der Waals surface area contributed by atoms with Crippen LogP contribution in [0.4, 0.5) is 0 Å². The molecule has 0 spiro atoms. The smallest absolute Gasteiger partial charge is 0.152 e. The zero-order chi connectivity index (χ0) is 14.1. The molecule has 0 aliphatic carbocycles. The highest BCUT2D eigenvalue weighted by atomic mass is 35.5. The average molecular weight is 283 g/mol. The van der Waals surface area contributed by atoms with Gasteiger partial charge in [0, 0.05) is 28.4 Å². The molecule has 0 fully saturated rings. The Kier molecular flexibility index (Phi) is 3.20. The van der Waals surface area contributed by atoms with E-state index in [1.165, 1.54) is 0 Å². The third-order valence-corrected chi connectivity index (χ3v) is 3.52. The number of hydrogen-bond acceptors (Lipinski definition) is 3. The maximum atomic E-state index is 11.3. The summed E-state index contributed by atoms with van der Waals surface area (Å²) in [6.45, 7) is 1.89. The second kappa shape index (κ2) is 5.02. The fourth-order valence-electron chi connectivity index (χ4n) is 2.22. The van der Waals surface area contributed by atoms with Crippen LogP contribution < -0.4 is 0 Å². The number of carbonyl (C=O) groups is 1. The van der Waals surface area contributed by atoms with Gasteiger partial charge in [0.15, 0.2) is 6.29 Å². The minimum Gasteiger partial charge on any atom is -0.298 e. The van der Waals surface area contributed by atoms with Gasteiger partial charge in [0.1, 0.15) is 0 Å². The van der Waals surface area contributed by atoms with Crippen LogP contribution in [0.3, 0.4) is 0 Å². The first-order chi connectivity index (χ1) is 9.70. The van der Waals surface area contributed by atoms with Crippen LogP contribution in [0.5, 0.6) is 0 Å². The fraction of sp³-hybridized carbons (Fsp3) is 0.0625. The Hall–Kier alpha value is -2.26. The van der Waals surface area contributed by atoms with Crippen LogP contribution in [0, 0.1) is 6.92 Å². The number of aldehydes is 1. The third kappa shape index (κ3) is 2.06. The van der Waals surface area contributed by atoms with Crippen molar-refractivity contribution in [3.63, 3.8) is 0 Å². The van der Waals surface area contributed by atoms with Crippen molar-refractivity contribution in [2.24, 2.45) is 0 Å². The van der Waals surface area contributed by atoms with E-state index in [1.807, 2.05) is 37.3 Å². The first-order valence-corrected chi connectivity index (χ1v) is 6.55. The molecule has 0 amide bonds. The second-order valence-corrected chi connectivity index (χ2v) is 4.90. The lowest BCUT2D eigenvalue weighted by Crippen LogP contribution is -1.96. The average Bonchev–Trinajstić information content (AvgIpc) is 2.47. The van der Waals surface area contributed by atoms with Crippen LogP contribution in [-0.2, 0) is 0 Å². The number of fused-ring (bicyclic) bond motifs is 1. The zero-order valence-electron chi connectivity index (χ0n) is 10.8. The summed E-state index contributed by atoms with van der Waals surface area (Å²) in [4.78, 5) is 20.2. The lowest BCUT2D eigenvalue weighted by molar-refractivity contribution is 0.112. The Morgan fingerprint density at radius 3 is 2.80 bits per heavy atom. The van der Waals surface area contributed by atoms with Crippen molar-refractivity contribution in [2.45, 2.75) is 6.92 Å². The van der Waals surface area contributed by atoms with Gasteiger partial charge in [-0.1, -0.05) is 23.7 Å². The molecule has 3 aromatic rings. The van der Waals surface area contributed by atoms with Gasteiger partial charge < -0.3 is 0 Å². The molecule has 0 saturated carbocycles. The normalized spacial score (nSPS) is 10.7. The monoisotopic (exact) mass is 282 g/mol. The predicted octanol–water partition coefficient (Wildman–Crippen LogP) is 4.07. The minimum absolute atomic E-state index is 0.538. The number of halogens is 1. The maximum absolute atomic E-state index is 11.3. The summed E-state index contributed by atoms with van der Waals surface area (Å²) in [5, 5.41) is 1.42. The number of carbonyl (C=O) groups excluding carboxylic acids is 1. The Morgan fingerprint density at radius 1 is 1.20 bits per heavy atom. The van der Waals surface area contributed by atoms with Crippen LogP contribution in [0.2, 0.25) is 5.02 Å². The SMILES string of the molecule is Cc1ncccc1-c1nc2c(Cl)cccc2cc1C=O. The molecule has 0 saturated heterocycles. The lowest BCUT2D eigenvalue weighted by atomic mass is 10.0. The van der Waals surface area contributed by atoms with E-state index in [-0.39, 0.29) is 0 Å². The lowest BCUT2D eigenvalue weighted by Gasteiger charge is -2.09. The number of benzene rings is 1. The van der Waals surface area contributed by atoms with Crippen molar-refractivity contribution in [3.8, 4) is 11.3 Å². The van der Waals surface area contributed by atoms with Crippen LogP contribution in [0.15, 0.2) is 42.6 Å². The van der Waals surface area contributed by atoms with Crippen molar-refractivity contribution in [2.75, 3.05) is 0 Å². The predicted molar refractivity (Wildman–Crippen MR) is 80.1 cm³/mol. The molecule has 20 heavy (non-hydrogen) atoms. The molecule has 98 valence electrons. The van der Waals surface area contributed by atoms with Gasteiger partial charge in [0.25, 0.3) is 0 Å². The van der Waals surface area contributed by atoms with Gasteiger partial charge in [0.2, 0.25) is 0 Å². The molecule has 3 rings (SSSR count). The summed E-state index contributed by atoms with van der Waals surface area (Å²) in [5.41, 5.74) is 3.52. The highest BCUT2D eigenvalue weighted by Crippen LogP contribution is 2.29. The Bertz CT molecular complexity index is 815. The summed E-state index contributed by atoms with van der Waals surface area (Å²) in [7, 11) is 0. The zero-order valence-corrected chi connectivity index (χ0v) is 11.6. The van der Waals surface area contributed by atoms with Gasteiger partial charge in [-0.2, -0.15) is 0 Å². The van der Waals surface area contributed by atoms with Crippen molar-refractivity contribution in [3.05, 3.63) is 58.9 Å². The Morgan fingerprint density at radius 2 is 2.05 bits per heavy atom. The first-order valence-electron chi connectivity index (χ1n) is 6.17. The van der Waals surface area contributed by atoms with Crippen LogP contribution in [-0.4, -0.2) is 16.3 Å².